The van der Waals surface area contributed by atoms with E-state index in [0.717, 1.165) is 10.7 Å². The lowest BCUT2D eigenvalue weighted by Gasteiger charge is -2.31. The number of sulfonamides is 1. The van der Waals surface area contributed by atoms with E-state index < -0.39 is 28.5 Å². The van der Waals surface area contributed by atoms with Crippen molar-refractivity contribution < 1.29 is 18.0 Å². The number of likely N-dealkylation sites (N-methyl/N-ethyl adjacent to an activating group) is 1. The van der Waals surface area contributed by atoms with Gasteiger partial charge in [-0.3, -0.25) is 9.59 Å². The molecule has 2 unspecified atom stereocenters. The predicted octanol–water partition coefficient (Wildman–Crippen LogP) is 4.60. The van der Waals surface area contributed by atoms with Crippen molar-refractivity contribution in [2.45, 2.75) is 50.7 Å². The highest BCUT2D eigenvalue weighted by atomic mass is 35.5. The predicted molar refractivity (Wildman–Crippen MR) is 136 cm³/mol. The number of carbonyl (C=O) groups excluding carboxylic acids is 2. The van der Waals surface area contributed by atoms with Crippen LogP contribution in [0.15, 0.2) is 47.4 Å². The average molecular weight is 549 g/mol. The van der Waals surface area contributed by atoms with Crippen molar-refractivity contribution in [3.63, 3.8) is 0 Å². The molecule has 0 aliphatic rings. The molecule has 0 fully saturated rings. The maximum atomic E-state index is 13.3. The van der Waals surface area contributed by atoms with Gasteiger partial charge in [0.1, 0.15) is 6.04 Å². The highest BCUT2D eigenvalue weighted by Gasteiger charge is 2.31. The number of nitrogens with one attached hydrogen (secondary N) is 1. The summed E-state index contributed by atoms with van der Waals surface area (Å²) in [6.45, 7) is 4.91. The Labute approximate surface area is 216 Å². The van der Waals surface area contributed by atoms with Crippen molar-refractivity contribution in [3.8, 4) is 0 Å². The number of halogens is 3. The lowest BCUT2D eigenvalue weighted by atomic mass is 10.1. The van der Waals surface area contributed by atoms with E-state index in [4.69, 9.17) is 34.8 Å². The zero-order valence-corrected chi connectivity index (χ0v) is 22.5. The van der Waals surface area contributed by atoms with Crippen LogP contribution in [0.5, 0.6) is 0 Å². The molecule has 0 bridgehead atoms. The molecular formula is C23H28Cl3N3O4S. The van der Waals surface area contributed by atoms with Crippen LogP contribution in [0.25, 0.3) is 0 Å². The smallest absolute Gasteiger partial charge is 0.243 e. The Kier molecular flexibility index (Phi) is 10.2. The van der Waals surface area contributed by atoms with Gasteiger partial charge in [0, 0.05) is 34.7 Å². The van der Waals surface area contributed by atoms with Crippen LogP contribution < -0.4 is 5.32 Å². The van der Waals surface area contributed by atoms with Crippen molar-refractivity contribution in [2.24, 2.45) is 0 Å². The second kappa shape index (κ2) is 12.2. The molecule has 2 aromatic rings. The molecule has 0 aliphatic heterocycles. The fourth-order valence-electron chi connectivity index (χ4n) is 3.03. The van der Waals surface area contributed by atoms with Crippen LogP contribution in [0.2, 0.25) is 15.1 Å². The van der Waals surface area contributed by atoms with Crippen molar-refractivity contribution in [3.05, 3.63) is 63.1 Å². The van der Waals surface area contributed by atoms with Gasteiger partial charge < -0.3 is 10.2 Å². The normalized spacial score (nSPS) is 13.4. The Morgan fingerprint density at radius 2 is 1.59 bits per heavy atom. The number of hydrogen-bond donors (Lipinski definition) is 1. The van der Waals surface area contributed by atoms with Crippen molar-refractivity contribution in [1.82, 2.24) is 14.5 Å². The van der Waals surface area contributed by atoms with E-state index in [1.165, 1.54) is 36.2 Å². The maximum absolute atomic E-state index is 13.3. The molecule has 0 radical (unpaired) electrons. The summed E-state index contributed by atoms with van der Waals surface area (Å²) in [5, 5.41) is 4.02. The van der Waals surface area contributed by atoms with Crippen LogP contribution in [-0.2, 0) is 26.2 Å². The molecule has 0 aliphatic carbocycles. The van der Waals surface area contributed by atoms with Crippen LogP contribution in [0.3, 0.4) is 0 Å². The lowest BCUT2D eigenvalue weighted by Crippen LogP contribution is -2.51. The summed E-state index contributed by atoms with van der Waals surface area (Å²) in [5.74, 6) is -0.908. The number of amides is 2. The van der Waals surface area contributed by atoms with Gasteiger partial charge in [0.15, 0.2) is 0 Å². The third-order valence-corrected chi connectivity index (χ3v) is 8.06. The van der Waals surface area contributed by atoms with E-state index in [0.29, 0.717) is 20.6 Å². The van der Waals surface area contributed by atoms with Crippen LogP contribution in [0.1, 0.15) is 32.8 Å². The van der Waals surface area contributed by atoms with Crippen molar-refractivity contribution in [1.29, 1.82) is 0 Å². The van der Waals surface area contributed by atoms with E-state index in [9.17, 15) is 18.0 Å². The lowest BCUT2D eigenvalue weighted by molar-refractivity contribution is -0.140. The van der Waals surface area contributed by atoms with Crippen molar-refractivity contribution in [2.75, 3.05) is 13.6 Å². The molecule has 2 atom stereocenters. The monoisotopic (exact) mass is 547 g/mol. The van der Waals surface area contributed by atoms with Gasteiger partial charge in [-0.25, -0.2) is 8.42 Å². The van der Waals surface area contributed by atoms with Crippen LogP contribution in [-0.4, -0.2) is 55.1 Å². The molecule has 7 nitrogen and oxygen atoms in total. The Hall–Kier alpha value is -1.84. The van der Waals surface area contributed by atoms with Gasteiger partial charge >= 0.3 is 0 Å². The summed E-state index contributed by atoms with van der Waals surface area (Å²) in [6, 6.07) is 9.53. The molecule has 2 amide bonds. The van der Waals surface area contributed by atoms with Gasteiger partial charge in [-0.1, -0.05) is 47.8 Å². The zero-order valence-electron chi connectivity index (χ0n) is 19.4. The first-order chi connectivity index (χ1) is 15.9. The van der Waals surface area contributed by atoms with Gasteiger partial charge in [-0.05, 0) is 62.2 Å². The van der Waals surface area contributed by atoms with Gasteiger partial charge in [0.05, 0.1) is 11.4 Å². The quantitative estimate of drug-likeness (QED) is 0.470. The summed E-state index contributed by atoms with van der Waals surface area (Å²) in [5.41, 5.74) is 0.575. The zero-order chi connectivity index (χ0) is 25.6. The van der Waals surface area contributed by atoms with E-state index in [1.54, 1.807) is 25.1 Å². The molecule has 0 saturated heterocycles. The number of rotatable bonds is 10. The summed E-state index contributed by atoms with van der Waals surface area (Å²) >= 11 is 18.1. The Bertz CT molecular complexity index is 1130. The molecule has 0 aromatic heterocycles. The second-order valence-corrected chi connectivity index (χ2v) is 11.3. The van der Waals surface area contributed by atoms with E-state index in [1.807, 2.05) is 13.8 Å². The minimum atomic E-state index is -3.96. The van der Waals surface area contributed by atoms with Gasteiger partial charge in [0.2, 0.25) is 21.8 Å². The molecule has 2 aromatic carbocycles. The molecular weight excluding hydrogens is 521 g/mol. The maximum Gasteiger partial charge on any atom is 0.243 e. The van der Waals surface area contributed by atoms with Gasteiger partial charge in [-0.2, -0.15) is 4.31 Å². The summed E-state index contributed by atoms with van der Waals surface area (Å²) in [7, 11) is -2.65. The second-order valence-electron chi connectivity index (χ2n) is 7.97. The fraction of sp³-hybridized carbons (Fsp3) is 0.391. The number of nitrogens with zero attached hydrogens (tertiary/aromatic N) is 2. The SMILES string of the molecule is CCC(C)NC(=O)C(C)N(Cc1ccc(Cl)cc1Cl)C(=O)CN(C)S(=O)(=O)c1ccc(Cl)cc1. The highest BCUT2D eigenvalue weighted by Crippen LogP contribution is 2.24. The average Bonchev–Trinajstić information content (AvgIpc) is 2.78. The van der Waals surface area contributed by atoms with Crippen LogP contribution in [0, 0.1) is 0 Å². The molecule has 186 valence electrons. The standard InChI is InChI=1S/C23H28Cl3N3O4S/c1-5-15(2)27-23(31)16(3)29(13-17-6-7-19(25)12-21(17)26)22(30)14-28(4)34(32,33)20-10-8-18(24)9-11-20/h6-12,15-16H,5,13-14H2,1-4H3,(H,27,31). The van der Waals surface area contributed by atoms with E-state index in [-0.39, 0.29) is 23.4 Å². The molecule has 0 saturated carbocycles. The van der Waals surface area contributed by atoms with E-state index in [2.05, 4.69) is 5.32 Å². The molecule has 1 N–H and O–H groups in total. The third kappa shape index (κ3) is 7.33. The van der Waals surface area contributed by atoms with Gasteiger partial charge in [0.25, 0.3) is 0 Å². The third-order valence-electron chi connectivity index (χ3n) is 5.40. The first-order valence-corrected chi connectivity index (χ1v) is 13.2. The highest BCUT2D eigenvalue weighted by molar-refractivity contribution is 7.89. The fourth-order valence-corrected chi connectivity index (χ4v) is 4.75. The summed E-state index contributed by atoms with van der Waals surface area (Å²) in [4.78, 5) is 27.4. The van der Waals surface area contributed by atoms with Crippen LogP contribution in [0.4, 0.5) is 0 Å². The minimum Gasteiger partial charge on any atom is -0.352 e. The Morgan fingerprint density at radius 1 is 1.00 bits per heavy atom. The molecule has 2 rings (SSSR count). The topological polar surface area (TPSA) is 86.8 Å². The molecule has 0 spiro atoms. The van der Waals surface area contributed by atoms with Gasteiger partial charge in [-0.15, -0.1) is 0 Å². The first kappa shape index (κ1) is 28.4. The van der Waals surface area contributed by atoms with Crippen molar-refractivity contribution >= 4 is 56.6 Å². The number of benzene rings is 2. The van der Waals surface area contributed by atoms with Crippen LogP contribution >= 0.6 is 34.8 Å². The van der Waals surface area contributed by atoms with E-state index >= 15 is 0 Å². The Balaban J connectivity index is 2.31. The Morgan fingerprint density at radius 3 is 2.15 bits per heavy atom. The summed E-state index contributed by atoms with van der Waals surface area (Å²) in [6.07, 6.45) is 0.720. The molecule has 0 heterocycles. The largest absolute Gasteiger partial charge is 0.352 e. The first-order valence-electron chi connectivity index (χ1n) is 10.6. The molecule has 11 heteroatoms. The summed E-state index contributed by atoms with van der Waals surface area (Å²) < 4.78 is 26.8. The minimum absolute atomic E-state index is 0.00123. The number of carbonyl (C=O) groups is 2. The molecule has 34 heavy (non-hydrogen) atoms. The number of hydrogen-bond acceptors (Lipinski definition) is 4.